The molecule has 2 amide bonds. The van der Waals surface area contributed by atoms with E-state index >= 15 is 0 Å². The second-order valence-electron chi connectivity index (χ2n) is 10.9. The van der Waals surface area contributed by atoms with Gasteiger partial charge in [0.05, 0.1) is 25.3 Å². The fourth-order valence-electron chi connectivity index (χ4n) is 5.02. The molecule has 0 bridgehead atoms. The lowest BCUT2D eigenvalue weighted by Crippen LogP contribution is -2.46. The molecule has 7 nitrogen and oxygen atoms in total. The number of hydrogen-bond acceptors (Lipinski definition) is 5. The van der Waals surface area contributed by atoms with Crippen molar-refractivity contribution >= 4 is 12.2 Å². The number of nitrogens with one attached hydrogen (secondary N) is 1. The van der Waals surface area contributed by atoms with E-state index in [-0.39, 0.29) is 18.6 Å². The van der Waals surface area contributed by atoms with Crippen LogP contribution < -0.4 is 5.32 Å². The van der Waals surface area contributed by atoms with Crippen LogP contribution in [-0.2, 0) is 27.4 Å². The topological polar surface area (TPSA) is 77.1 Å². The predicted octanol–water partition coefficient (Wildman–Crippen LogP) is 6.49. The summed E-state index contributed by atoms with van der Waals surface area (Å²) in [4.78, 5) is 28.4. The summed E-state index contributed by atoms with van der Waals surface area (Å²) in [7, 11) is 0. The van der Waals surface area contributed by atoms with Gasteiger partial charge in [0.2, 0.25) is 0 Å². The van der Waals surface area contributed by atoms with Gasteiger partial charge < -0.3 is 19.5 Å². The van der Waals surface area contributed by atoms with E-state index in [1.54, 1.807) is 4.90 Å². The molecule has 206 valence electrons. The third-order valence-electron chi connectivity index (χ3n) is 6.82. The Balaban J connectivity index is 1.61. The predicted molar refractivity (Wildman–Crippen MR) is 150 cm³/mol. The molecule has 0 unspecified atom stereocenters. The van der Waals surface area contributed by atoms with Gasteiger partial charge in [0.1, 0.15) is 12.2 Å². The van der Waals surface area contributed by atoms with Gasteiger partial charge in [-0.3, -0.25) is 4.90 Å². The van der Waals surface area contributed by atoms with E-state index in [4.69, 9.17) is 14.2 Å². The molecule has 1 aliphatic rings. The summed E-state index contributed by atoms with van der Waals surface area (Å²) >= 11 is 0. The van der Waals surface area contributed by atoms with Crippen molar-refractivity contribution in [3.63, 3.8) is 0 Å². The molecule has 0 aromatic heterocycles. The minimum Gasteiger partial charge on any atom is -0.445 e. The standard InChI is InChI=1S/C32H38N2O5/c1-23-27(22-37-20-24-14-8-5-9-15-24)28(33-30(35)39-32(2,3)4)29(26-18-12-7-13-19-26)34(23)31(36)38-21-25-16-10-6-11-17-25/h5-19,23,27-29H,20-22H2,1-4H3,(H,33,35)/t23-,27-,28+,29+/m1/s1. The Labute approximate surface area is 231 Å². The first-order valence-electron chi connectivity index (χ1n) is 13.4. The van der Waals surface area contributed by atoms with Crippen LogP contribution in [0.15, 0.2) is 91.0 Å². The van der Waals surface area contributed by atoms with Crippen molar-refractivity contribution in [2.45, 2.75) is 64.6 Å². The summed E-state index contributed by atoms with van der Waals surface area (Å²) < 4.78 is 17.6. The number of carbonyl (C=O) groups is 2. The van der Waals surface area contributed by atoms with Crippen molar-refractivity contribution in [1.82, 2.24) is 10.2 Å². The van der Waals surface area contributed by atoms with Gasteiger partial charge in [-0.05, 0) is 44.4 Å². The number of amides is 2. The second kappa shape index (κ2) is 12.8. The lowest BCUT2D eigenvalue weighted by atomic mass is 9.92. The minimum atomic E-state index is -0.663. The zero-order chi connectivity index (χ0) is 27.8. The van der Waals surface area contributed by atoms with E-state index in [2.05, 4.69) is 5.32 Å². The average molecular weight is 531 g/mol. The number of benzene rings is 3. The van der Waals surface area contributed by atoms with Crippen LogP contribution in [0.25, 0.3) is 0 Å². The summed E-state index contributed by atoms with van der Waals surface area (Å²) in [5.41, 5.74) is 2.19. The zero-order valence-electron chi connectivity index (χ0n) is 23.1. The zero-order valence-corrected chi connectivity index (χ0v) is 23.1. The van der Waals surface area contributed by atoms with Crippen molar-refractivity contribution in [2.24, 2.45) is 5.92 Å². The van der Waals surface area contributed by atoms with Gasteiger partial charge in [0, 0.05) is 12.0 Å². The van der Waals surface area contributed by atoms with Crippen molar-refractivity contribution in [1.29, 1.82) is 0 Å². The third kappa shape index (κ3) is 7.60. The Morgan fingerprint density at radius 1 is 0.821 bits per heavy atom. The molecule has 0 aliphatic carbocycles. The van der Waals surface area contributed by atoms with Crippen molar-refractivity contribution < 1.29 is 23.8 Å². The highest BCUT2D eigenvalue weighted by atomic mass is 16.6. The molecule has 1 saturated heterocycles. The van der Waals surface area contributed by atoms with E-state index < -0.39 is 29.9 Å². The van der Waals surface area contributed by atoms with E-state index in [1.807, 2.05) is 119 Å². The molecule has 1 N–H and O–H groups in total. The van der Waals surface area contributed by atoms with Crippen molar-refractivity contribution in [3.05, 3.63) is 108 Å². The summed E-state index contributed by atoms with van der Waals surface area (Å²) in [6.07, 6.45) is -0.977. The molecule has 0 saturated carbocycles. The average Bonchev–Trinajstić information content (AvgIpc) is 3.18. The number of ether oxygens (including phenoxy) is 3. The monoisotopic (exact) mass is 530 g/mol. The SMILES string of the molecule is C[C@@H]1[C@@H](COCc2ccccc2)[C@H](NC(=O)OC(C)(C)C)[C@H](c2ccccc2)N1C(=O)OCc1ccccc1. The Kier molecular flexibility index (Phi) is 9.25. The summed E-state index contributed by atoms with van der Waals surface area (Å²) in [6, 6.07) is 28.0. The van der Waals surface area contributed by atoms with Gasteiger partial charge in [-0.1, -0.05) is 91.0 Å². The lowest BCUT2D eigenvalue weighted by molar-refractivity contribution is 0.0424. The fourth-order valence-corrected chi connectivity index (χ4v) is 5.02. The van der Waals surface area contributed by atoms with Crippen LogP contribution in [0, 0.1) is 5.92 Å². The quantitative estimate of drug-likeness (QED) is 0.360. The first-order chi connectivity index (χ1) is 18.7. The largest absolute Gasteiger partial charge is 0.445 e. The first kappa shape index (κ1) is 28.2. The molecule has 1 fully saturated rings. The molecule has 1 heterocycles. The van der Waals surface area contributed by atoms with Crippen LogP contribution in [0.2, 0.25) is 0 Å². The summed E-state index contributed by atoms with van der Waals surface area (Å²) in [5, 5.41) is 3.08. The second-order valence-corrected chi connectivity index (χ2v) is 10.9. The molecule has 1 aliphatic heterocycles. The molecule has 3 aromatic rings. The maximum atomic E-state index is 13.6. The lowest BCUT2D eigenvalue weighted by Gasteiger charge is -2.30. The molecule has 0 spiro atoms. The van der Waals surface area contributed by atoms with Gasteiger partial charge in [-0.25, -0.2) is 9.59 Å². The van der Waals surface area contributed by atoms with Crippen LogP contribution in [0.1, 0.15) is 50.4 Å². The number of likely N-dealkylation sites (tertiary alicyclic amines) is 1. The highest BCUT2D eigenvalue weighted by molar-refractivity contribution is 5.72. The van der Waals surface area contributed by atoms with E-state index in [9.17, 15) is 9.59 Å². The first-order valence-corrected chi connectivity index (χ1v) is 13.4. The molecule has 4 rings (SSSR count). The highest BCUT2D eigenvalue weighted by Crippen LogP contribution is 2.41. The molecule has 39 heavy (non-hydrogen) atoms. The number of rotatable bonds is 8. The molecule has 0 radical (unpaired) electrons. The van der Waals surface area contributed by atoms with E-state index in [0.717, 1.165) is 16.7 Å². The van der Waals surface area contributed by atoms with Gasteiger partial charge in [-0.2, -0.15) is 0 Å². The van der Waals surface area contributed by atoms with Crippen LogP contribution in [0.3, 0.4) is 0 Å². The maximum absolute atomic E-state index is 13.6. The van der Waals surface area contributed by atoms with Gasteiger partial charge in [0.15, 0.2) is 0 Å². The van der Waals surface area contributed by atoms with E-state index in [0.29, 0.717) is 13.2 Å². The number of alkyl carbamates (subject to hydrolysis) is 1. The maximum Gasteiger partial charge on any atom is 0.410 e. The molecular formula is C32H38N2O5. The Morgan fingerprint density at radius 3 is 1.92 bits per heavy atom. The van der Waals surface area contributed by atoms with Crippen molar-refractivity contribution in [3.8, 4) is 0 Å². The van der Waals surface area contributed by atoms with Crippen LogP contribution in [0.5, 0.6) is 0 Å². The Hall–Kier alpha value is -3.84. The van der Waals surface area contributed by atoms with Gasteiger partial charge in [-0.15, -0.1) is 0 Å². The summed E-state index contributed by atoms with van der Waals surface area (Å²) in [6.45, 7) is 8.38. The molecule has 7 heteroatoms. The van der Waals surface area contributed by atoms with Crippen LogP contribution in [-0.4, -0.2) is 41.4 Å². The molecule has 4 atom stereocenters. The Bertz CT molecular complexity index is 1200. The molecule has 3 aromatic carbocycles. The fraction of sp³-hybridized carbons (Fsp3) is 0.375. The van der Waals surface area contributed by atoms with Crippen molar-refractivity contribution in [2.75, 3.05) is 6.61 Å². The Morgan fingerprint density at radius 2 is 1.36 bits per heavy atom. The van der Waals surface area contributed by atoms with Crippen LogP contribution >= 0.6 is 0 Å². The van der Waals surface area contributed by atoms with Gasteiger partial charge >= 0.3 is 12.2 Å². The number of carbonyl (C=O) groups excluding carboxylic acids is 2. The normalized spacial score (nSPS) is 20.9. The summed E-state index contributed by atoms with van der Waals surface area (Å²) in [5.74, 6) is -0.212. The number of nitrogens with zero attached hydrogens (tertiary/aromatic N) is 1. The van der Waals surface area contributed by atoms with Gasteiger partial charge in [0.25, 0.3) is 0 Å². The minimum absolute atomic E-state index is 0.156. The highest BCUT2D eigenvalue weighted by Gasteiger charge is 2.51. The van der Waals surface area contributed by atoms with E-state index in [1.165, 1.54) is 0 Å². The third-order valence-corrected chi connectivity index (χ3v) is 6.82. The smallest absolute Gasteiger partial charge is 0.410 e. The molecular weight excluding hydrogens is 492 g/mol. The van der Waals surface area contributed by atoms with Crippen LogP contribution in [0.4, 0.5) is 9.59 Å². The number of hydrogen-bond donors (Lipinski definition) is 1.